The molecule has 3 amide bonds. The van der Waals surface area contributed by atoms with E-state index in [-0.39, 0.29) is 23.6 Å². The summed E-state index contributed by atoms with van der Waals surface area (Å²) in [6.07, 6.45) is 4.20. The lowest BCUT2D eigenvalue weighted by Gasteiger charge is -2.40. The third kappa shape index (κ3) is 6.67. The van der Waals surface area contributed by atoms with Gasteiger partial charge in [-0.15, -0.1) is 0 Å². The highest BCUT2D eigenvalue weighted by Crippen LogP contribution is 2.30. The minimum absolute atomic E-state index is 0.0219. The Labute approximate surface area is 219 Å². The number of carbonyl (C=O) groups excluding carboxylic acids is 3. The monoisotopic (exact) mass is 505 g/mol. The molecule has 198 valence electrons. The number of hydrogen-bond acceptors (Lipinski definition) is 5. The average Bonchev–Trinajstić information content (AvgIpc) is 2.83. The van der Waals surface area contributed by atoms with Crippen LogP contribution in [0.3, 0.4) is 0 Å². The number of aromatic nitrogens is 1. The summed E-state index contributed by atoms with van der Waals surface area (Å²) in [7, 11) is 0. The van der Waals surface area contributed by atoms with Crippen molar-refractivity contribution < 1.29 is 14.4 Å². The molecular formula is C29H39N5O3. The number of aryl methyl sites for hydroxylation is 1. The number of nitrogens with zero attached hydrogens (tertiary/aromatic N) is 3. The summed E-state index contributed by atoms with van der Waals surface area (Å²) in [6, 6.07) is 11.6. The maximum absolute atomic E-state index is 13.0. The van der Waals surface area contributed by atoms with Crippen LogP contribution in [-0.4, -0.2) is 59.8 Å². The van der Waals surface area contributed by atoms with Crippen LogP contribution in [-0.2, 0) is 14.4 Å². The Balaban J connectivity index is 1.25. The number of piperidine rings is 1. The lowest BCUT2D eigenvalue weighted by molar-refractivity contribution is -0.137. The highest BCUT2D eigenvalue weighted by atomic mass is 16.2. The van der Waals surface area contributed by atoms with E-state index in [0.29, 0.717) is 44.4 Å². The maximum Gasteiger partial charge on any atom is 0.245 e. The van der Waals surface area contributed by atoms with Gasteiger partial charge in [0.1, 0.15) is 6.04 Å². The van der Waals surface area contributed by atoms with E-state index in [2.05, 4.69) is 46.5 Å². The Morgan fingerprint density at radius 2 is 1.73 bits per heavy atom. The summed E-state index contributed by atoms with van der Waals surface area (Å²) in [4.78, 5) is 45.7. The molecule has 2 N–H and O–H groups in total. The molecule has 2 aliphatic rings. The Kier molecular flexibility index (Phi) is 8.46. The Morgan fingerprint density at radius 1 is 1.05 bits per heavy atom. The van der Waals surface area contributed by atoms with Crippen molar-refractivity contribution in [2.24, 2.45) is 11.8 Å². The van der Waals surface area contributed by atoms with Gasteiger partial charge >= 0.3 is 0 Å². The van der Waals surface area contributed by atoms with Gasteiger partial charge in [-0.1, -0.05) is 26.0 Å². The van der Waals surface area contributed by atoms with Crippen LogP contribution in [0, 0.1) is 18.8 Å². The molecule has 2 saturated heterocycles. The quantitative estimate of drug-likeness (QED) is 0.570. The molecule has 0 unspecified atom stereocenters. The van der Waals surface area contributed by atoms with Gasteiger partial charge in [0.05, 0.1) is 17.3 Å². The van der Waals surface area contributed by atoms with Crippen LogP contribution in [0.4, 0.5) is 11.4 Å². The molecule has 1 aromatic carbocycles. The summed E-state index contributed by atoms with van der Waals surface area (Å²) in [5, 5.41) is 5.89. The van der Waals surface area contributed by atoms with Crippen LogP contribution in [0.25, 0.3) is 0 Å². The summed E-state index contributed by atoms with van der Waals surface area (Å²) in [5.41, 5.74) is 4.11. The SMILES string of the molecule is CC(=O)N[C@@H](CC(C)C)C(=O)N1CCC(c2ccc(NC(=O)C3CN(c4cccnc4C)C3)cc2)CC1. The number of carbonyl (C=O) groups is 3. The molecule has 1 aromatic heterocycles. The van der Waals surface area contributed by atoms with Crippen LogP contribution in [0.2, 0.25) is 0 Å². The second-order valence-corrected chi connectivity index (χ2v) is 10.8. The topological polar surface area (TPSA) is 94.6 Å². The third-order valence-corrected chi connectivity index (χ3v) is 7.41. The number of pyridine rings is 1. The van der Waals surface area contributed by atoms with E-state index in [4.69, 9.17) is 0 Å². The van der Waals surface area contributed by atoms with Crippen molar-refractivity contribution >= 4 is 29.1 Å². The zero-order chi connectivity index (χ0) is 26.5. The van der Waals surface area contributed by atoms with Crippen molar-refractivity contribution in [3.63, 3.8) is 0 Å². The molecule has 1 atom stereocenters. The fraction of sp³-hybridized carbons (Fsp3) is 0.517. The van der Waals surface area contributed by atoms with Crippen molar-refractivity contribution in [1.29, 1.82) is 0 Å². The van der Waals surface area contributed by atoms with Gasteiger partial charge in [0, 0.05) is 45.0 Å². The largest absolute Gasteiger partial charge is 0.368 e. The van der Waals surface area contributed by atoms with Crippen molar-refractivity contribution in [3.05, 3.63) is 53.9 Å². The van der Waals surface area contributed by atoms with Crippen molar-refractivity contribution in [2.45, 2.75) is 58.9 Å². The van der Waals surface area contributed by atoms with E-state index in [1.807, 2.05) is 36.1 Å². The highest BCUT2D eigenvalue weighted by Gasteiger charge is 2.34. The molecule has 4 rings (SSSR count). The number of likely N-dealkylation sites (tertiary alicyclic amines) is 1. The van der Waals surface area contributed by atoms with Gasteiger partial charge in [0.15, 0.2) is 0 Å². The number of anilines is 2. The first kappa shape index (κ1) is 26.6. The van der Waals surface area contributed by atoms with E-state index in [0.717, 1.165) is 29.9 Å². The Morgan fingerprint density at radius 3 is 2.32 bits per heavy atom. The number of amides is 3. The normalized spacial score (nSPS) is 17.3. The molecule has 0 saturated carbocycles. The molecule has 8 nitrogen and oxygen atoms in total. The molecule has 37 heavy (non-hydrogen) atoms. The number of benzene rings is 1. The molecule has 0 spiro atoms. The molecule has 0 aliphatic carbocycles. The zero-order valence-corrected chi connectivity index (χ0v) is 22.4. The van der Waals surface area contributed by atoms with Crippen molar-refractivity contribution in [3.8, 4) is 0 Å². The predicted octanol–water partition coefficient (Wildman–Crippen LogP) is 3.72. The minimum atomic E-state index is -0.451. The number of rotatable bonds is 8. The van der Waals surface area contributed by atoms with E-state index in [1.54, 1.807) is 6.20 Å². The van der Waals surface area contributed by atoms with Gasteiger partial charge in [-0.05, 0) is 67.9 Å². The van der Waals surface area contributed by atoms with E-state index in [9.17, 15) is 14.4 Å². The van der Waals surface area contributed by atoms with Crippen LogP contribution in [0.15, 0.2) is 42.6 Å². The summed E-state index contributed by atoms with van der Waals surface area (Å²) >= 11 is 0. The molecule has 8 heteroatoms. The lowest BCUT2D eigenvalue weighted by atomic mass is 9.89. The summed E-state index contributed by atoms with van der Waals surface area (Å²) < 4.78 is 0. The van der Waals surface area contributed by atoms with Gasteiger partial charge in [-0.2, -0.15) is 0 Å². The predicted molar refractivity (Wildman–Crippen MR) is 145 cm³/mol. The van der Waals surface area contributed by atoms with Gasteiger partial charge in [0.2, 0.25) is 17.7 Å². The molecule has 2 aromatic rings. The first-order valence-corrected chi connectivity index (χ1v) is 13.3. The molecule has 3 heterocycles. The first-order chi connectivity index (χ1) is 17.7. The van der Waals surface area contributed by atoms with E-state index < -0.39 is 6.04 Å². The molecule has 2 fully saturated rings. The second-order valence-electron chi connectivity index (χ2n) is 10.8. The van der Waals surface area contributed by atoms with E-state index >= 15 is 0 Å². The number of hydrogen-bond donors (Lipinski definition) is 2. The van der Waals surface area contributed by atoms with Gasteiger partial charge in [-0.25, -0.2) is 0 Å². The van der Waals surface area contributed by atoms with Crippen molar-refractivity contribution in [1.82, 2.24) is 15.2 Å². The Bertz CT molecular complexity index is 1100. The fourth-order valence-corrected chi connectivity index (χ4v) is 5.33. The average molecular weight is 506 g/mol. The van der Waals surface area contributed by atoms with Gasteiger partial charge in [-0.3, -0.25) is 19.4 Å². The third-order valence-electron chi connectivity index (χ3n) is 7.41. The Hall–Kier alpha value is -3.42. The lowest BCUT2D eigenvalue weighted by Crippen LogP contribution is -2.52. The van der Waals surface area contributed by atoms with Crippen molar-refractivity contribution in [2.75, 3.05) is 36.4 Å². The second kappa shape index (κ2) is 11.8. The van der Waals surface area contributed by atoms with Crippen LogP contribution >= 0.6 is 0 Å². The van der Waals surface area contributed by atoms with Gasteiger partial charge in [0.25, 0.3) is 0 Å². The zero-order valence-electron chi connectivity index (χ0n) is 22.4. The van der Waals surface area contributed by atoms with Crippen LogP contribution < -0.4 is 15.5 Å². The number of nitrogens with one attached hydrogen (secondary N) is 2. The van der Waals surface area contributed by atoms with Crippen LogP contribution in [0.5, 0.6) is 0 Å². The molecule has 0 bridgehead atoms. The summed E-state index contributed by atoms with van der Waals surface area (Å²) in [6.45, 7) is 10.3. The molecule has 0 radical (unpaired) electrons. The molecule has 2 aliphatic heterocycles. The first-order valence-electron chi connectivity index (χ1n) is 13.3. The fourth-order valence-electron chi connectivity index (χ4n) is 5.33. The van der Waals surface area contributed by atoms with Gasteiger partial charge < -0.3 is 20.4 Å². The van der Waals surface area contributed by atoms with Crippen LogP contribution in [0.1, 0.15) is 57.2 Å². The minimum Gasteiger partial charge on any atom is -0.368 e. The maximum atomic E-state index is 13.0. The molecular weight excluding hydrogens is 466 g/mol. The van der Waals surface area contributed by atoms with E-state index in [1.165, 1.54) is 12.5 Å². The summed E-state index contributed by atoms with van der Waals surface area (Å²) in [5.74, 6) is 0.575. The highest BCUT2D eigenvalue weighted by molar-refractivity contribution is 5.94. The smallest absolute Gasteiger partial charge is 0.245 e. The standard InChI is InChI=1S/C29H39N5O3/c1-19(2)16-26(31-21(4)35)29(37)33-14-11-23(12-15-33)22-7-9-25(10-8-22)32-28(36)24-17-34(18-24)27-6-5-13-30-20(27)3/h5-10,13,19,23-24,26H,11-12,14-18H2,1-4H3,(H,31,35)(H,32,36)/t26-/m0/s1.